The van der Waals surface area contributed by atoms with E-state index in [4.69, 9.17) is 21.2 Å². The minimum Gasteiger partial charge on any atom is -0.501 e. The number of benzene rings is 2. The van der Waals surface area contributed by atoms with Gasteiger partial charge in [0.1, 0.15) is 5.75 Å². The van der Waals surface area contributed by atoms with Gasteiger partial charge in [-0.1, -0.05) is 48.6 Å². The van der Waals surface area contributed by atoms with Crippen LogP contribution in [0, 0.1) is 17.9 Å². The second-order valence-corrected chi connectivity index (χ2v) is 6.55. The topological polar surface area (TPSA) is 66.8 Å². The predicted molar refractivity (Wildman–Crippen MR) is 118 cm³/mol. The van der Waals surface area contributed by atoms with Gasteiger partial charge in [0.25, 0.3) is 0 Å². The fourth-order valence-corrected chi connectivity index (χ4v) is 2.57. The molecule has 0 saturated heterocycles. The average molecular weight is 400 g/mol. The molecule has 5 nitrogen and oxygen atoms in total. The van der Waals surface area contributed by atoms with Crippen molar-refractivity contribution < 1.29 is 14.6 Å². The smallest absolute Gasteiger partial charge is 0.212 e. The molecule has 0 aliphatic rings. The van der Waals surface area contributed by atoms with Gasteiger partial charge in [0.2, 0.25) is 5.70 Å². The van der Waals surface area contributed by atoms with Crippen molar-refractivity contribution in [2.45, 2.75) is 20.0 Å². The number of hydrogen-bond donors (Lipinski definition) is 1. The molecule has 152 valence electrons. The molecule has 0 saturated carbocycles. The summed E-state index contributed by atoms with van der Waals surface area (Å²) in [6, 6.07) is 16.2. The lowest BCUT2D eigenvalue weighted by atomic mass is 10.00. The molecule has 0 radical (unpaired) electrons. The van der Waals surface area contributed by atoms with Crippen LogP contribution in [0.3, 0.4) is 0 Å². The third-order valence-corrected chi connectivity index (χ3v) is 4.14. The maximum absolute atomic E-state index is 9.64. The van der Waals surface area contributed by atoms with E-state index in [0.29, 0.717) is 35.7 Å². The third-order valence-electron chi connectivity index (χ3n) is 4.14. The quantitative estimate of drug-likeness (QED) is 0.145. The van der Waals surface area contributed by atoms with Gasteiger partial charge in [-0.2, -0.15) is 5.26 Å². The van der Waals surface area contributed by atoms with Gasteiger partial charge in [0.15, 0.2) is 0 Å². The second-order valence-electron chi connectivity index (χ2n) is 6.55. The largest absolute Gasteiger partial charge is 0.501 e. The Morgan fingerprint density at radius 2 is 1.80 bits per heavy atom. The highest BCUT2D eigenvalue weighted by atomic mass is 16.5. The molecule has 0 atom stereocenters. The number of allylic oxidation sites excluding steroid dienone is 3. The Morgan fingerprint density at radius 1 is 1.13 bits per heavy atom. The van der Waals surface area contributed by atoms with Crippen molar-refractivity contribution >= 4 is 11.3 Å². The van der Waals surface area contributed by atoms with Crippen LogP contribution in [0.25, 0.3) is 16.1 Å². The molecule has 0 unspecified atom stereocenters. The molecule has 2 rings (SSSR count). The highest BCUT2D eigenvalue weighted by Crippen LogP contribution is 2.28. The van der Waals surface area contributed by atoms with E-state index >= 15 is 0 Å². The first-order valence-electron chi connectivity index (χ1n) is 9.48. The maximum Gasteiger partial charge on any atom is 0.212 e. The summed E-state index contributed by atoms with van der Waals surface area (Å²) in [5.41, 5.74) is 3.54. The third kappa shape index (κ3) is 6.67. The van der Waals surface area contributed by atoms with Crippen LogP contribution in [0.15, 0.2) is 73.0 Å². The van der Waals surface area contributed by atoms with Crippen molar-refractivity contribution in [2.75, 3.05) is 13.2 Å². The molecule has 0 bridgehead atoms. The van der Waals surface area contributed by atoms with Crippen molar-refractivity contribution in [3.63, 3.8) is 0 Å². The normalized spacial score (nSPS) is 11.3. The van der Waals surface area contributed by atoms with Crippen LogP contribution in [0.1, 0.15) is 30.0 Å². The zero-order valence-corrected chi connectivity index (χ0v) is 17.0. The van der Waals surface area contributed by atoms with Crippen LogP contribution < -0.4 is 4.74 Å². The van der Waals surface area contributed by atoms with Gasteiger partial charge >= 0.3 is 0 Å². The van der Waals surface area contributed by atoms with Crippen LogP contribution in [0.5, 0.6) is 5.75 Å². The van der Waals surface area contributed by atoms with Gasteiger partial charge in [-0.25, -0.2) is 4.85 Å². The Hall–Kier alpha value is -3.80. The Bertz CT molecular complexity index is 989. The molecular formula is C25H24N2O3. The van der Waals surface area contributed by atoms with Gasteiger partial charge in [-0.05, 0) is 41.8 Å². The van der Waals surface area contributed by atoms with E-state index in [1.165, 1.54) is 0 Å². The van der Waals surface area contributed by atoms with E-state index in [2.05, 4.69) is 17.5 Å². The fourth-order valence-electron chi connectivity index (χ4n) is 2.57. The molecule has 0 aliphatic carbocycles. The lowest BCUT2D eigenvalue weighted by Gasteiger charge is -2.08. The number of aliphatic hydroxyl groups excluding tert-OH is 1. The van der Waals surface area contributed by atoms with Crippen molar-refractivity contribution in [1.29, 1.82) is 5.26 Å². The summed E-state index contributed by atoms with van der Waals surface area (Å²) in [7, 11) is 0. The van der Waals surface area contributed by atoms with Crippen LogP contribution in [0.2, 0.25) is 0 Å². The Labute approximate surface area is 177 Å². The predicted octanol–water partition coefficient (Wildman–Crippen LogP) is 5.37. The zero-order valence-electron chi connectivity index (χ0n) is 17.0. The van der Waals surface area contributed by atoms with E-state index in [9.17, 15) is 5.26 Å². The van der Waals surface area contributed by atoms with Crippen molar-refractivity contribution in [2.24, 2.45) is 0 Å². The summed E-state index contributed by atoms with van der Waals surface area (Å²) in [5.74, 6) is 0.685. The van der Waals surface area contributed by atoms with Crippen LogP contribution >= 0.6 is 0 Å². The Balaban J connectivity index is 2.03. The Morgan fingerprint density at radius 3 is 2.37 bits per heavy atom. The lowest BCUT2D eigenvalue weighted by Crippen LogP contribution is -2.01. The lowest BCUT2D eigenvalue weighted by molar-refractivity contribution is 0.208. The van der Waals surface area contributed by atoms with Gasteiger partial charge < -0.3 is 14.6 Å². The maximum atomic E-state index is 9.64. The van der Waals surface area contributed by atoms with Gasteiger partial charge in [-0.3, -0.25) is 0 Å². The first kappa shape index (κ1) is 22.5. The number of aliphatic hydroxyl groups is 1. The van der Waals surface area contributed by atoms with E-state index in [1.54, 1.807) is 60.9 Å². The molecule has 5 heteroatoms. The van der Waals surface area contributed by atoms with Crippen LogP contribution in [-0.2, 0) is 11.3 Å². The monoisotopic (exact) mass is 400 g/mol. The van der Waals surface area contributed by atoms with Crippen molar-refractivity contribution in [3.05, 3.63) is 101 Å². The van der Waals surface area contributed by atoms with Crippen molar-refractivity contribution in [3.8, 4) is 11.8 Å². The molecule has 0 fully saturated rings. The van der Waals surface area contributed by atoms with E-state index in [0.717, 1.165) is 17.6 Å². The molecular weight excluding hydrogens is 376 g/mol. The summed E-state index contributed by atoms with van der Waals surface area (Å²) in [5, 5.41) is 18.8. The number of ether oxygens (including phenoxy) is 2. The average Bonchev–Trinajstić information content (AvgIpc) is 2.77. The molecule has 0 spiro atoms. The highest BCUT2D eigenvalue weighted by molar-refractivity contribution is 5.99. The zero-order chi connectivity index (χ0) is 21.8. The van der Waals surface area contributed by atoms with E-state index in [1.807, 2.05) is 6.92 Å². The summed E-state index contributed by atoms with van der Waals surface area (Å²) >= 11 is 0. The molecule has 0 aliphatic heterocycles. The first-order valence-corrected chi connectivity index (χ1v) is 9.48. The molecule has 0 amide bonds. The second kappa shape index (κ2) is 11.9. The fraction of sp³-hybridized carbons (Fsp3) is 0.200. The van der Waals surface area contributed by atoms with E-state index in [-0.39, 0.29) is 12.3 Å². The Kier molecular flexibility index (Phi) is 8.93. The summed E-state index contributed by atoms with van der Waals surface area (Å²) in [6.07, 6.45) is 4.16. The van der Waals surface area contributed by atoms with Crippen LogP contribution in [0.4, 0.5) is 0 Å². The number of nitriles is 1. The molecule has 2 aromatic carbocycles. The van der Waals surface area contributed by atoms with Gasteiger partial charge in [0.05, 0.1) is 44.3 Å². The van der Waals surface area contributed by atoms with Gasteiger partial charge in [-0.15, -0.1) is 0 Å². The van der Waals surface area contributed by atoms with Crippen molar-refractivity contribution in [1.82, 2.24) is 0 Å². The molecule has 0 aromatic heterocycles. The number of nitrogens with zero attached hydrogens (tertiary/aromatic N) is 2. The molecule has 0 heterocycles. The summed E-state index contributed by atoms with van der Waals surface area (Å²) < 4.78 is 11.0. The number of hydrogen-bond acceptors (Lipinski definition) is 4. The molecule has 30 heavy (non-hydrogen) atoms. The molecule has 2 aromatic rings. The summed E-state index contributed by atoms with van der Waals surface area (Å²) in [6.45, 7) is 14.2. The SMILES string of the molecule is [C-]#[N+]/C(=C(/C#N)c1ccc(OCCCOC=CC(=C)C)cc1)c1ccc(CO)cc1. The standard InChI is InChI=1S/C25H24N2O3/c1-19(2)13-16-29-14-4-15-30-23-11-9-21(10-12-23)24(17-26)25(27-3)22-7-5-20(18-28)6-8-22/h5-13,16,28H,1,4,14-15,18H2,2H3/b16-13?,25-24-. The first-order chi connectivity index (χ1) is 14.6. The van der Waals surface area contributed by atoms with Crippen LogP contribution in [-0.4, -0.2) is 18.3 Å². The minimum atomic E-state index is -0.0682. The molecule has 1 N–H and O–H groups in total. The van der Waals surface area contributed by atoms with Gasteiger partial charge in [0, 0.05) is 6.42 Å². The van der Waals surface area contributed by atoms with E-state index < -0.39 is 0 Å². The minimum absolute atomic E-state index is 0.0682. The summed E-state index contributed by atoms with van der Waals surface area (Å²) in [4.78, 5) is 3.57. The highest BCUT2D eigenvalue weighted by Gasteiger charge is 2.12. The number of rotatable bonds is 10.